The van der Waals surface area contributed by atoms with Gasteiger partial charge in [-0.05, 0) is 12.1 Å². The minimum Gasteiger partial charge on any atom is -0.368 e. The van der Waals surface area contributed by atoms with Crippen LogP contribution in [0.4, 0.5) is 5.82 Å². The molecule has 0 atom stereocenters. The highest BCUT2D eigenvalue weighted by molar-refractivity contribution is 6.32. The van der Waals surface area contributed by atoms with Gasteiger partial charge in [0.2, 0.25) is 0 Å². The van der Waals surface area contributed by atoms with Gasteiger partial charge in [0.05, 0.1) is 5.02 Å². The van der Waals surface area contributed by atoms with Crippen molar-refractivity contribution in [2.75, 3.05) is 11.9 Å². The summed E-state index contributed by atoms with van der Waals surface area (Å²) in [5.41, 5.74) is 0. The summed E-state index contributed by atoms with van der Waals surface area (Å²) in [6.45, 7) is 0.702. The molecule has 3 heteroatoms. The molecule has 0 amide bonds. The number of rotatable bonds is 3. The molecule has 0 saturated heterocycles. The Balaban J connectivity index is 2.53. The lowest BCUT2D eigenvalue weighted by Gasteiger charge is -2.03. The van der Waals surface area contributed by atoms with Gasteiger partial charge in [-0.2, -0.15) is 0 Å². The third-order valence-electron chi connectivity index (χ3n) is 1.32. The van der Waals surface area contributed by atoms with E-state index in [2.05, 4.69) is 16.2 Å². The molecular formula is C9H9ClN2. The summed E-state index contributed by atoms with van der Waals surface area (Å²) in [7, 11) is 0. The van der Waals surface area contributed by atoms with E-state index in [1.54, 1.807) is 18.3 Å². The lowest BCUT2D eigenvalue weighted by Crippen LogP contribution is -2.02. The molecule has 1 aromatic rings. The highest BCUT2D eigenvalue weighted by Crippen LogP contribution is 2.16. The molecule has 1 aromatic heterocycles. The zero-order valence-electron chi connectivity index (χ0n) is 6.55. The molecular weight excluding hydrogens is 172 g/mol. The summed E-state index contributed by atoms with van der Waals surface area (Å²) in [6, 6.07) is 3.57. The topological polar surface area (TPSA) is 24.9 Å². The average Bonchev–Trinajstić information content (AvgIpc) is 2.09. The number of terminal acetylenes is 1. The number of hydrogen-bond donors (Lipinski definition) is 1. The van der Waals surface area contributed by atoms with Crippen LogP contribution in [0.25, 0.3) is 0 Å². The molecule has 0 saturated carbocycles. The molecule has 0 aromatic carbocycles. The second kappa shape index (κ2) is 4.63. The first-order valence-electron chi connectivity index (χ1n) is 3.62. The van der Waals surface area contributed by atoms with Gasteiger partial charge in [0, 0.05) is 19.2 Å². The van der Waals surface area contributed by atoms with Gasteiger partial charge in [-0.25, -0.2) is 4.98 Å². The van der Waals surface area contributed by atoms with Crippen LogP contribution in [0.15, 0.2) is 18.3 Å². The predicted octanol–water partition coefficient (Wildman–Crippen LogP) is 2.17. The van der Waals surface area contributed by atoms with E-state index in [9.17, 15) is 0 Å². The van der Waals surface area contributed by atoms with Crippen LogP contribution in [-0.4, -0.2) is 11.5 Å². The van der Waals surface area contributed by atoms with Gasteiger partial charge in [0.25, 0.3) is 0 Å². The molecule has 2 nitrogen and oxygen atoms in total. The summed E-state index contributed by atoms with van der Waals surface area (Å²) in [5.74, 6) is 3.21. The minimum atomic E-state index is 0.620. The lowest BCUT2D eigenvalue weighted by molar-refractivity contribution is 1.07. The van der Waals surface area contributed by atoms with Crippen molar-refractivity contribution >= 4 is 17.4 Å². The van der Waals surface area contributed by atoms with Gasteiger partial charge in [0.15, 0.2) is 0 Å². The Morgan fingerprint density at radius 3 is 3.17 bits per heavy atom. The number of hydrogen-bond acceptors (Lipinski definition) is 2. The first-order chi connectivity index (χ1) is 5.84. The number of nitrogens with zero attached hydrogens (tertiary/aromatic N) is 1. The van der Waals surface area contributed by atoms with Crippen LogP contribution in [0.2, 0.25) is 5.02 Å². The van der Waals surface area contributed by atoms with Crippen LogP contribution >= 0.6 is 11.6 Å². The Kier molecular flexibility index (Phi) is 3.43. The van der Waals surface area contributed by atoms with Crippen molar-refractivity contribution in [3.63, 3.8) is 0 Å². The zero-order chi connectivity index (χ0) is 8.81. The second-order valence-electron chi connectivity index (χ2n) is 2.21. The van der Waals surface area contributed by atoms with Crippen molar-refractivity contribution < 1.29 is 0 Å². The summed E-state index contributed by atoms with van der Waals surface area (Å²) < 4.78 is 0. The molecule has 62 valence electrons. The highest BCUT2D eigenvalue weighted by atomic mass is 35.5. The largest absolute Gasteiger partial charge is 0.368 e. The maximum Gasteiger partial charge on any atom is 0.144 e. The lowest BCUT2D eigenvalue weighted by atomic mass is 10.4. The maximum atomic E-state index is 5.83. The highest BCUT2D eigenvalue weighted by Gasteiger charge is 1.96. The Bertz CT molecular complexity index is 291. The molecule has 0 spiro atoms. The van der Waals surface area contributed by atoms with Gasteiger partial charge in [-0.15, -0.1) is 12.3 Å². The SMILES string of the molecule is C#CCCNc1ncccc1Cl. The van der Waals surface area contributed by atoms with Crippen LogP contribution in [-0.2, 0) is 0 Å². The van der Waals surface area contributed by atoms with Crippen molar-refractivity contribution in [2.24, 2.45) is 0 Å². The first-order valence-corrected chi connectivity index (χ1v) is 4.00. The summed E-state index contributed by atoms with van der Waals surface area (Å²) in [5, 5.41) is 3.65. The molecule has 1 N–H and O–H groups in total. The third-order valence-corrected chi connectivity index (χ3v) is 1.63. The molecule has 0 radical (unpaired) electrons. The molecule has 0 aliphatic heterocycles. The monoisotopic (exact) mass is 180 g/mol. The summed E-state index contributed by atoms with van der Waals surface area (Å²) in [4.78, 5) is 4.04. The molecule has 0 unspecified atom stereocenters. The average molecular weight is 181 g/mol. The van der Waals surface area contributed by atoms with E-state index in [0.717, 1.165) is 0 Å². The van der Waals surface area contributed by atoms with Crippen molar-refractivity contribution in [2.45, 2.75) is 6.42 Å². The van der Waals surface area contributed by atoms with Crippen molar-refractivity contribution in [1.82, 2.24) is 4.98 Å². The summed E-state index contributed by atoms with van der Waals surface area (Å²) >= 11 is 5.83. The molecule has 0 bridgehead atoms. The quantitative estimate of drug-likeness (QED) is 0.570. The van der Waals surface area contributed by atoms with Crippen LogP contribution in [0.5, 0.6) is 0 Å². The smallest absolute Gasteiger partial charge is 0.144 e. The first kappa shape index (κ1) is 8.89. The minimum absolute atomic E-state index is 0.620. The van der Waals surface area contributed by atoms with E-state index >= 15 is 0 Å². The van der Waals surface area contributed by atoms with E-state index in [1.165, 1.54) is 0 Å². The van der Waals surface area contributed by atoms with Crippen molar-refractivity contribution in [3.05, 3.63) is 23.4 Å². The standard InChI is InChI=1S/C9H9ClN2/c1-2-3-6-11-9-8(10)5-4-7-12-9/h1,4-5,7H,3,6H2,(H,11,12). The van der Waals surface area contributed by atoms with Gasteiger partial charge in [-0.1, -0.05) is 11.6 Å². The number of halogens is 1. The maximum absolute atomic E-state index is 5.83. The van der Waals surface area contributed by atoms with Crippen LogP contribution in [0.1, 0.15) is 6.42 Å². The molecule has 12 heavy (non-hydrogen) atoms. The van der Waals surface area contributed by atoms with E-state index in [1.807, 2.05) is 0 Å². The Hall–Kier alpha value is -1.20. The number of anilines is 1. The summed E-state index contributed by atoms with van der Waals surface area (Å²) in [6.07, 6.45) is 7.45. The fourth-order valence-corrected chi connectivity index (χ4v) is 0.957. The Morgan fingerprint density at radius 2 is 2.50 bits per heavy atom. The van der Waals surface area contributed by atoms with E-state index in [0.29, 0.717) is 23.8 Å². The number of aromatic nitrogens is 1. The molecule has 0 aliphatic carbocycles. The van der Waals surface area contributed by atoms with Crippen molar-refractivity contribution in [1.29, 1.82) is 0 Å². The van der Waals surface area contributed by atoms with E-state index < -0.39 is 0 Å². The van der Waals surface area contributed by atoms with Gasteiger partial charge >= 0.3 is 0 Å². The van der Waals surface area contributed by atoms with Gasteiger partial charge < -0.3 is 5.32 Å². The Morgan fingerprint density at radius 1 is 1.67 bits per heavy atom. The van der Waals surface area contributed by atoms with Crippen LogP contribution in [0, 0.1) is 12.3 Å². The zero-order valence-corrected chi connectivity index (χ0v) is 7.30. The van der Waals surface area contributed by atoms with Crippen molar-refractivity contribution in [3.8, 4) is 12.3 Å². The second-order valence-corrected chi connectivity index (χ2v) is 2.62. The van der Waals surface area contributed by atoms with Crippen LogP contribution in [0.3, 0.4) is 0 Å². The molecule has 1 heterocycles. The van der Waals surface area contributed by atoms with Crippen LogP contribution < -0.4 is 5.32 Å². The number of nitrogens with one attached hydrogen (secondary N) is 1. The normalized spacial score (nSPS) is 9.00. The number of pyridine rings is 1. The molecule has 0 fully saturated rings. The van der Waals surface area contributed by atoms with E-state index in [-0.39, 0.29) is 0 Å². The Labute approximate surface area is 77.0 Å². The fourth-order valence-electron chi connectivity index (χ4n) is 0.769. The van der Waals surface area contributed by atoms with E-state index in [4.69, 9.17) is 18.0 Å². The fraction of sp³-hybridized carbons (Fsp3) is 0.222. The molecule has 1 rings (SSSR count). The predicted molar refractivity (Wildman–Crippen MR) is 51.2 cm³/mol. The van der Waals surface area contributed by atoms with Gasteiger partial charge in [-0.3, -0.25) is 0 Å². The third kappa shape index (κ3) is 2.44. The molecule has 0 aliphatic rings. The van der Waals surface area contributed by atoms with Gasteiger partial charge in [0.1, 0.15) is 5.82 Å².